The fraction of sp³-hybridized carbons (Fsp3) is 0.379. The van der Waals surface area contributed by atoms with E-state index in [1.165, 1.54) is 0 Å². The third-order valence-corrected chi connectivity index (χ3v) is 6.01. The molecule has 0 aliphatic carbocycles. The summed E-state index contributed by atoms with van der Waals surface area (Å²) in [6.07, 6.45) is 0. The number of phenols is 3. The zero-order valence-corrected chi connectivity index (χ0v) is 20.5. The van der Waals surface area contributed by atoms with Crippen molar-refractivity contribution in [3.63, 3.8) is 0 Å². The first-order chi connectivity index (χ1) is 14.7. The summed E-state index contributed by atoms with van der Waals surface area (Å²) in [6, 6.07) is 15.1. The number of phenolic OH excluding ortho intramolecular Hbond substituents is 3. The number of rotatable bonds is 3. The number of aromatic hydroxyl groups is 3. The molecule has 0 aliphatic rings. The third-order valence-electron chi connectivity index (χ3n) is 6.01. The summed E-state index contributed by atoms with van der Waals surface area (Å²) in [5, 5.41) is 33.2. The van der Waals surface area contributed by atoms with Gasteiger partial charge in [0.25, 0.3) is 0 Å². The third kappa shape index (κ3) is 4.62. The van der Waals surface area contributed by atoms with Gasteiger partial charge in [-0.3, -0.25) is 0 Å². The first-order valence-electron chi connectivity index (χ1n) is 11.2. The van der Waals surface area contributed by atoms with Crippen molar-refractivity contribution in [1.82, 2.24) is 0 Å². The summed E-state index contributed by atoms with van der Waals surface area (Å²) >= 11 is 0. The highest BCUT2D eigenvalue weighted by Crippen LogP contribution is 2.47. The van der Waals surface area contributed by atoms with Gasteiger partial charge in [0.1, 0.15) is 17.2 Å². The predicted molar refractivity (Wildman–Crippen MR) is 132 cm³/mol. The largest absolute Gasteiger partial charge is 0.508 e. The first kappa shape index (κ1) is 23.7. The molecule has 0 spiro atoms. The van der Waals surface area contributed by atoms with E-state index in [1.54, 1.807) is 18.2 Å². The Balaban J connectivity index is 2.43. The van der Waals surface area contributed by atoms with Crippen molar-refractivity contribution < 1.29 is 15.3 Å². The zero-order chi connectivity index (χ0) is 24.0. The second-order valence-corrected chi connectivity index (χ2v) is 11.0. The number of hydrogen-bond acceptors (Lipinski definition) is 3. The number of benzene rings is 3. The van der Waals surface area contributed by atoms with Crippen LogP contribution in [-0.4, -0.2) is 15.3 Å². The molecular weight excluding hydrogens is 396 g/mol. The minimum atomic E-state index is -0.441. The lowest BCUT2D eigenvalue weighted by molar-refractivity contribution is 0.431. The molecule has 0 fully saturated rings. The summed E-state index contributed by atoms with van der Waals surface area (Å²) < 4.78 is 0. The molecule has 170 valence electrons. The maximum absolute atomic E-state index is 11.5. The van der Waals surface area contributed by atoms with Crippen molar-refractivity contribution in [3.8, 4) is 17.2 Å². The molecule has 3 rings (SSSR count). The summed E-state index contributed by atoms with van der Waals surface area (Å²) in [4.78, 5) is 0. The Kier molecular flexibility index (Phi) is 6.08. The van der Waals surface area contributed by atoms with Crippen molar-refractivity contribution in [2.75, 3.05) is 0 Å². The molecule has 0 bridgehead atoms. The summed E-state index contributed by atoms with van der Waals surface area (Å²) in [5.41, 5.74) is 5.56. The van der Waals surface area contributed by atoms with Gasteiger partial charge in [-0.05, 0) is 53.5 Å². The molecule has 0 aromatic heterocycles. The second kappa shape index (κ2) is 8.20. The Morgan fingerprint density at radius 1 is 0.625 bits per heavy atom. The quantitative estimate of drug-likeness (QED) is 0.384. The second-order valence-electron chi connectivity index (χ2n) is 11.0. The Bertz CT molecular complexity index is 1070. The lowest BCUT2D eigenvalue weighted by atomic mass is 9.76. The van der Waals surface area contributed by atoms with Gasteiger partial charge in [-0.2, -0.15) is 0 Å². The van der Waals surface area contributed by atoms with Crippen LogP contribution in [0.4, 0.5) is 0 Å². The molecule has 0 saturated heterocycles. The van der Waals surface area contributed by atoms with Crippen LogP contribution in [-0.2, 0) is 10.8 Å². The van der Waals surface area contributed by atoms with Crippen molar-refractivity contribution in [3.05, 3.63) is 87.5 Å². The lowest BCUT2D eigenvalue weighted by Crippen LogP contribution is -2.16. The number of aryl methyl sites for hydroxylation is 2. The average Bonchev–Trinajstić information content (AvgIpc) is 2.65. The maximum atomic E-state index is 11.5. The Labute approximate surface area is 192 Å². The van der Waals surface area contributed by atoms with Gasteiger partial charge in [-0.15, -0.1) is 0 Å². The molecule has 0 atom stereocenters. The van der Waals surface area contributed by atoms with Crippen LogP contribution in [0.5, 0.6) is 17.2 Å². The van der Waals surface area contributed by atoms with E-state index in [-0.39, 0.29) is 28.1 Å². The fourth-order valence-corrected chi connectivity index (χ4v) is 4.43. The maximum Gasteiger partial charge on any atom is 0.123 e. The topological polar surface area (TPSA) is 60.7 Å². The summed E-state index contributed by atoms with van der Waals surface area (Å²) in [7, 11) is 0. The van der Waals surface area contributed by atoms with E-state index in [0.29, 0.717) is 0 Å². The van der Waals surface area contributed by atoms with Crippen LogP contribution in [0.15, 0.2) is 48.5 Å². The minimum Gasteiger partial charge on any atom is -0.508 e. The smallest absolute Gasteiger partial charge is 0.123 e. The van der Waals surface area contributed by atoms with E-state index in [4.69, 9.17) is 0 Å². The SMILES string of the molecule is Cc1cc(C(c2cccc(O)c2)c2cc(C)cc(C(C)(C)C)c2O)c(O)c(C(C)(C)C)c1. The molecule has 3 N–H and O–H groups in total. The van der Waals surface area contributed by atoms with Gasteiger partial charge in [0, 0.05) is 17.0 Å². The molecule has 0 saturated carbocycles. The van der Waals surface area contributed by atoms with Gasteiger partial charge >= 0.3 is 0 Å². The normalized spacial score (nSPS) is 12.4. The van der Waals surface area contributed by atoms with Crippen LogP contribution in [0.3, 0.4) is 0 Å². The van der Waals surface area contributed by atoms with Gasteiger partial charge in [0.05, 0.1) is 0 Å². The van der Waals surface area contributed by atoms with Crippen molar-refractivity contribution in [1.29, 1.82) is 0 Å². The first-order valence-corrected chi connectivity index (χ1v) is 11.2. The van der Waals surface area contributed by atoms with Crippen LogP contribution in [0.25, 0.3) is 0 Å². The van der Waals surface area contributed by atoms with E-state index in [2.05, 4.69) is 41.5 Å². The molecule has 3 heteroatoms. The molecular formula is C29H36O3. The van der Waals surface area contributed by atoms with Crippen LogP contribution in [0, 0.1) is 13.8 Å². The molecule has 0 unspecified atom stereocenters. The average molecular weight is 433 g/mol. The van der Waals surface area contributed by atoms with E-state index in [9.17, 15) is 15.3 Å². The molecule has 3 aromatic carbocycles. The van der Waals surface area contributed by atoms with Gasteiger partial charge in [-0.25, -0.2) is 0 Å². The highest BCUT2D eigenvalue weighted by Gasteiger charge is 2.30. The number of hydrogen-bond donors (Lipinski definition) is 3. The van der Waals surface area contributed by atoms with Gasteiger partial charge in [0.15, 0.2) is 0 Å². The zero-order valence-electron chi connectivity index (χ0n) is 20.5. The highest BCUT2D eigenvalue weighted by molar-refractivity contribution is 5.60. The summed E-state index contributed by atoms with van der Waals surface area (Å²) in [6.45, 7) is 16.5. The molecule has 3 nitrogen and oxygen atoms in total. The van der Waals surface area contributed by atoms with Gasteiger partial charge in [-0.1, -0.05) is 89.1 Å². The van der Waals surface area contributed by atoms with E-state index in [1.807, 2.05) is 44.2 Å². The molecule has 32 heavy (non-hydrogen) atoms. The summed E-state index contributed by atoms with van der Waals surface area (Å²) in [5.74, 6) is 0.173. The minimum absolute atomic E-state index is 0.152. The Morgan fingerprint density at radius 2 is 1.06 bits per heavy atom. The van der Waals surface area contributed by atoms with Gasteiger partial charge in [0.2, 0.25) is 0 Å². The molecule has 0 aliphatic heterocycles. The van der Waals surface area contributed by atoms with E-state index >= 15 is 0 Å². The molecule has 0 heterocycles. The van der Waals surface area contributed by atoms with Crippen molar-refractivity contribution in [2.24, 2.45) is 0 Å². The Morgan fingerprint density at radius 3 is 1.44 bits per heavy atom. The Hall–Kier alpha value is -2.94. The van der Waals surface area contributed by atoms with Gasteiger partial charge < -0.3 is 15.3 Å². The van der Waals surface area contributed by atoms with Crippen molar-refractivity contribution in [2.45, 2.75) is 72.1 Å². The van der Waals surface area contributed by atoms with E-state index in [0.717, 1.165) is 38.9 Å². The highest BCUT2D eigenvalue weighted by atomic mass is 16.3. The van der Waals surface area contributed by atoms with Crippen molar-refractivity contribution >= 4 is 0 Å². The lowest BCUT2D eigenvalue weighted by Gasteiger charge is -2.29. The van der Waals surface area contributed by atoms with E-state index < -0.39 is 5.92 Å². The molecule has 3 aromatic rings. The van der Waals surface area contributed by atoms with Crippen LogP contribution < -0.4 is 0 Å². The monoisotopic (exact) mass is 432 g/mol. The van der Waals surface area contributed by atoms with Crippen LogP contribution in [0.2, 0.25) is 0 Å². The van der Waals surface area contributed by atoms with Crippen LogP contribution in [0.1, 0.15) is 86.4 Å². The molecule has 0 amide bonds. The fourth-order valence-electron chi connectivity index (χ4n) is 4.43. The standard InChI is InChI=1S/C29H36O3/c1-17-12-21(26(31)23(14-17)28(3,4)5)25(19-10-9-11-20(30)16-19)22-13-18(2)15-24(27(22)32)29(6,7)8/h9-16,25,30-32H,1-8H3. The molecule has 0 radical (unpaired) electrons. The van der Waals surface area contributed by atoms with Crippen LogP contribution >= 0.6 is 0 Å². The predicted octanol–water partition coefficient (Wildman–Crippen LogP) is 7.20.